The molecule has 3 aliphatic heterocycles. The molecule has 1 amide bonds. The van der Waals surface area contributed by atoms with Crippen LogP contribution in [0.25, 0.3) is 5.76 Å². The lowest BCUT2D eigenvalue weighted by atomic mass is 9.95. The minimum absolute atomic E-state index is 0.0581. The second kappa shape index (κ2) is 9.39. The molecule has 37 heavy (non-hydrogen) atoms. The smallest absolute Gasteiger partial charge is 0.300 e. The summed E-state index contributed by atoms with van der Waals surface area (Å²) in [5, 5.41) is 11.4. The predicted molar refractivity (Wildman–Crippen MR) is 142 cm³/mol. The maximum Gasteiger partial charge on any atom is 0.300 e. The number of fused-ring (bicyclic) bond motifs is 1. The molecule has 0 aliphatic carbocycles. The molecule has 0 saturated carbocycles. The Hall–Kier alpha value is -4.13. The molecule has 6 rings (SSSR count). The largest absolute Gasteiger partial charge is 0.507 e. The molecule has 0 radical (unpaired) electrons. The maximum atomic E-state index is 13.4. The first-order chi connectivity index (χ1) is 18.0. The van der Waals surface area contributed by atoms with E-state index in [0.29, 0.717) is 16.8 Å². The van der Waals surface area contributed by atoms with E-state index in [2.05, 4.69) is 9.88 Å². The number of carbonyl (C=O) groups excluding carboxylic acids is 2. The van der Waals surface area contributed by atoms with Gasteiger partial charge in [-0.05, 0) is 91.9 Å². The number of nitrogens with zero attached hydrogens (tertiary/aromatic N) is 3. The third kappa shape index (κ3) is 4.14. The van der Waals surface area contributed by atoms with Crippen molar-refractivity contribution in [3.05, 3.63) is 89.3 Å². The van der Waals surface area contributed by atoms with Crippen molar-refractivity contribution < 1.29 is 19.4 Å². The van der Waals surface area contributed by atoms with E-state index >= 15 is 0 Å². The van der Waals surface area contributed by atoms with Crippen LogP contribution in [-0.2, 0) is 16.0 Å². The molecule has 0 spiro atoms. The van der Waals surface area contributed by atoms with Crippen LogP contribution in [0.3, 0.4) is 0 Å². The molecule has 7 nitrogen and oxygen atoms in total. The number of carbonyl (C=O) groups is 2. The van der Waals surface area contributed by atoms with Crippen LogP contribution in [0.5, 0.6) is 5.75 Å². The number of hydrogen-bond acceptors (Lipinski definition) is 6. The fourth-order valence-corrected chi connectivity index (χ4v) is 5.66. The molecule has 2 fully saturated rings. The van der Waals surface area contributed by atoms with Crippen LogP contribution in [0.2, 0.25) is 0 Å². The lowest BCUT2D eigenvalue weighted by Crippen LogP contribution is -2.30. The topological polar surface area (TPSA) is 83.0 Å². The van der Waals surface area contributed by atoms with E-state index in [0.717, 1.165) is 36.5 Å². The van der Waals surface area contributed by atoms with Crippen molar-refractivity contribution in [3.63, 3.8) is 0 Å². The first-order valence-corrected chi connectivity index (χ1v) is 12.9. The lowest BCUT2D eigenvalue weighted by Gasteiger charge is -2.30. The number of ether oxygens (including phenoxy) is 1. The highest BCUT2D eigenvalue weighted by Crippen LogP contribution is 2.43. The Balaban J connectivity index is 1.42. The Kier molecular flexibility index (Phi) is 5.91. The van der Waals surface area contributed by atoms with Gasteiger partial charge in [-0.15, -0.1) is 0 Å². The molecule has 3 aromatic rings. The normalized spacial score (nSPS) is 22.7. The van der Waals surface area contributed by atoms with Gasteiger partial charge >= 0.3 is 0 Å². The van der Waals surface area contributed by atoms with Gasteiger partial charge in [-0.1, -0.05) is 0 Å². The third-order valence-electron chi connectivity index (χ3n) is 7.48. The van der Waals surface area contributed by atoms with Gasteiger partial charge in [-0.3, -0.25) is 19.5 Å². The van der Waals surface area contributed by atoms with Crippen LogP contribution < -0.4 is 14.5 Å². The molecule has 4 heterocycles. The molecule has 0 bridgehead atoms. The van der Waals surface area contributed by atoms with Crippen molar-refractivity contribution in [1.29, 1.82) is 0 Å². The Morgan fingerprint density at radius 3 is 2.38 bits per heavy atom. The molecule has 1 N–H and O–H groups in total. The molecule has 2 unspecified atom stereocenters. The fraction of sp³-hybridized carbons (Fsp3) is 0.300. The summed E-state index contributed by atoms with van der Waals surface area (Å²) in [5.74, 6) is -0.768. The quantitative estimate of drug-likeness (QED) is 0.311. The highest BCUT2D eigenvalue weighted by molar-refractivity contribution is 6.51. The second-order valence-electron chi connectivity index (χ2n) is 9.97. The van der Waals surface area contributed by atoms with Crippen molar-refractivity contribution in [2.45, 2.75) is 44.8 Å². The van der Waals surface area contributed by atoms with Gasteiger partial charge in [-0.2, -0.15) is 0 Å². The zero-order valence-corrected chi connectivity index (χ0v) is 20.8. The summed E-state index contributed by atoms with van der Waals surface area (Å²) >= 11 is 0. The number of piperidine rings is 1. The van der Waals surface area contributed by atoms with Crippen LogP contribution in [0.15, 0.2) is 72.6 Å². The predicted octanol–water partition coefficient (Wildman–Crippen LogP) is 5.02. The van der Waals surface area contributed by atoms with E-state index in [1.54, 1.807) is 30.6 Å². The Bertz CT molecular complexity index is 1380. The van der Waals surface area contributed by atoms with Crippen LogP contribution in [0.4, 0.5) is 11.4 Å². The summed E-state index contributed by atoms with van der Waals surface area (Å²) in [6.45, 7) is 4.03. The molecular weight excluding hydrogens is 466 g/mol. The van der Waals surface area contributed by atoms with Crippen molar-refractivity contribution in [2.75, 3.05) is 22.9 Å². The zero-order chi connectivity index (χ0) is 25.5. The van der Waals surface area contributed by atoms with Crippen molar-refractivity contribution >= 4 is 28.8 Å². The van der Waals surface area contributed by atoms with Crippen LogP contribution in [-0.4, -0.2) is 41.0 Å². The van der Waals surface area contributed by atoms with Crippen LogP contribution in [0, 0.1) is 0 Å². The van der Waals surface area contributed by atoms with Gasteiger partial charge in [0.25, 0.3) is 11.7 Å². The van der Waals surface area contributed by atoms with Gasteiger partial charge < -0.3 is 14.7 Å². The number of anilines is 2. The number of amides is 1. The van der Waals surface area contributed by atoms with E-state index in [-0.39, 0.29) is 17.4 Å². The fourth-order valence-electron chi connectivity index (χ4n) is 5.66. The van der Waals surface area contributed by atoms with Gasteiger partial charge in [0, 0.05) is 48.8 Å². The highest BCUT2D eigenvalue weighted by atomic mass is 16.5. The number of pyridine rings is 1. The first-order valence-electron chi connectivity index (χ1n) is 12.9. The van der Waals surface area contributed by atoms with Gasteiger partial charge in [0.2, 0.25) is 0 Å². The average molecular weight is 496 g/mol. The van der Waals surface area contributed by atoms with E-state index < -0.39 is 17.7 Å². The summed E-state index contributed by atoms with van der Waals surface area (Å²) in [5.41, 5.74) is 3.96. The number of ketones is 1. The molecule has 2 saturated heterocycles. The number of benzene rings is 2. The van der Waals surface area contributed by atoms with Crippen LogP contribution >= 0.6 is 0 Å². The summed E-state index contributed by atoms with van der Waals surface area (Å²) in [6.07, 6.45) is 7.64. The summed E-state index contributed by atoms with van der Waals surface area (Å²) in [7, 11) is 0. The molecule has 188 valence electrons. The minimum Gasteiger partial charge on any atom is -0.507 e. The number of aromatic nitrogens is 1. The monoisotopic (exact) mass is 495 g/mol. The van der Waals surface area contributed by atoms with Crippen molar-refractivity contribution in [1.82, 2.24) is 4.98 Å². The number of rotatable bonds is 4. The number of aliphatic hydroxyl groups excluding tert-OH is 1. The Morgan fingerprint density at radius 2 is 1.65 bits per heavy atom. The van der Waals surface area contributed by atoms with Gasteiger partial charge in [-0.25, -0.2) is 0 Å². The zero-order valence-electron chi connectivity index (χ0n) is 20.8. The van der Waals surface area contributed by atoms with E-state index in [1.807, 2.05) is 43.3 Å². The third-order valence-corrected chi connectivity index (χ3v) is 7.48. The van der Waals surface area contributed by atoms with Gasteiger partial charge in [0.1, 0.15) is 17.6 Å². The molecule has 3 aliphatic rings. The first kappa shape index (κ1) is 23.3. The van der Waals surface area contributed by atoms with Crippen molar-refractivity contribution in [2.24, 2.45) is 0 Å². The summed E-state index contributed by atoms with van der Waals surface area (Å²) < 4.78 is 5.79. The molecule has 7 heteroatoms. The van der Waals surface area contributed by atoms with E-state index in [9.17, 15) is 14.7 Å². The molecule has 2 aromatic carbocycles. The average Bonchev–Trinajstić information content (AvgIpc) is 3.44. The van der Waals surface area contributed by atoms with E-state index in [4.69, 9.17) is 4.74 Å². The second-order valence-corrected chi connectivity index (χ2v) is 9.97. The number of aliphatic hydroxyl groups is 1. The standard InChI is InChI=1S/C30H29N3O4/c1-19-17-22-18-21(5-10-25(22)37-19)28(34)26-27(20-11-13-31-14-12-20)33(30(36)29(26)35)24-8-6-23(7-9-24)32-15-3-2-4-16-32/h5-14,18-19,27,34H,2-4,15-17H2,1H3/b28-26-. The molecule has 1 aromatic heterocycles. The number of hydrogen-bond donors (Lipinski definition) is 1. The Morgan fingerprint density at radius 1 is 0.946 bits per heavy atom. The minimum atomic E-state index is -0.771. The van der Waals surface area contributed by atoms with Gasteiger partial charge in [0.05, 0.1) is 11.6 Å². The van der Waals surface area contributed by atoms with Gasteiger partial charge in [0.15, 0.2) is 0 Å². The van der Waals surface area contributed by atoms with E-state index in [1.165, 1.54) is 24.2 Å². The summed E-state index contributed by atoms with van der Waals surface area (Å²) in [4.78, 5) is 34.8. The molecular formula is C30H29N3O4. The Labute approximate surface area is 216 Å². The lowest BCUT2D eigenvalue weighted by molar-refractivity contribution is -0.132. The van der Waals surface area contributed by atoms with Crippen molar-refractivity contribution in [3.8, 4) is 5.75 Å². The van der Waals surface area contributed by atoms with Crippen LogP contribution in [0.1, 0.15) is 48.9 Å². The highest BCUT2D eigenvalue weighted by Gasteiger charge is 2.47. The maximum absolute atomic E-state index is 13.4. The SMILES string of the molecule is CC1Cc2cc(/C(O)=C3/C(=O)C(=O)N(c4ccc(N5CCCCC5)cc4)C3c3ccncc3)ccc2O1. The number of Topliss-reactive ketones (excluding diaryl/α,β-unsaturated/α-hetero) is 1. The molecule has 2 atom stereocenters. The summed E-state index contributed by atoms with van der Waals surface area (Å²) in [6, 6.07) is 16.0.